The number of ether oxygens (including phenoxy) is 1. The van der Waals surface area contributed by atoms with Crippen LogP contribution in [-0.4, -0.2) is 23.4 Å². The van der Waals surface area contributed by atoms with E-state index in [0.29, 0.717) is 35.1 Å². The molecule has 2 aromatic carbocycles. The number of benzene rings is 2. The van der Waals surface area contributed by atoms with Gasteiger partial charge in [0.25, 0.3) is 11.8 Å². The minimum atomic E-state index is -0.624. The average Bonchev–Trinajstić information content (AvgIpc) is 3.36. The molecule has 4 rings (SSSR count). The van der Waals surface area contributed by atoms with Crippen LogP contribution in [0.2, 0.25) is 0 Å². The Balaban J connectivity index is 1.52. The predicted molar refractivity (Wildman–Crippen MR) is 115 cm³/mol. The number of halogens is 1. The van der Waals surface area contributed by atoms with Crippen LogP contribution in [0.1, 0.15) is 33.5 Å². The van der Waals surface area contributed by atoms with E-state index in [9.17, 15) is 14.0 Å². The number of anilines is 2. The lowest BCUT2D eigenvalue weighted by Crippen LogP contribution is -2.15. The molecule has 0 saturated heterocycles. The number of furan rings is 1. The van der Waals surface area contributed by atoms with E-state index in [0.717, 1.165) is 10.9 Å². The first-order valence-corrected chi connectivity index (χ1v) is 9.66. The van der Waals surface area contributed by atoms with E-state index in [1.54, 1.807) is 13.0 Å². The maximum Gasteiger partial charge on any atom is 0.272 e. The largest absolute Gasteiger partial charge is 0.494 e. The van der Waals surface area contributed by atoms with Crippen molar-refractivity contribution in [2.45, 2.75) is 13.8 Å². The van der Waals surface area contributed by atoms with Crippen LogP contribution in [0.25, 0.3) is 10.9 Å². The third-order valence-electron chi connectivity index (χ3n) is 4.73. The molecule has 7 nitrogen and oxygen atoms in total. The fourth-order valence-electron chi connectivity index (χ4n) is 3.19. The maximum absolute atomic E-state index is 14.2. The molecule has 0 atom stereocenters. The lowest BCUT2D eigenvalue weighted by molar-refractivity contribution is 0.101. The number of amides is 2. The van der Waals surface area contributed by atoms with Gasteiger partial charge in [-0.2, -0.15) is 0 Å². The molecule has 0 radical (unpaired) electrons. The van der Waals surface area contributed by atoms with Gasteiger partial charge >= 0.3 is 0 Å². The number of fused-ring (bicyclic) bond motifs is 1. The zero-order chi connectivity index (χ0) is 22.0. The van der Waals surface area contributed by atoms with Crippen LogP contribution in [0.5, 0.6) is 5.75 Å². The number of rotatable bonds is 6. The van der Waals surface area contributed by atoms with Crippen molar-refractivity contribution in [2.75, 3.05) is 17.2 Å². The fraction of sp³-hybridized carbons (Fsp3) is 0.130. The molecule has 0 bridgehead atoms. The summed E-state index contributed by atoms with van der Waals surface area (Å²) in [6.07, 6.45) is 1.38. The summed E-state index contributed by atoms with van der Waals surface area (Å²) in [5.74, 6) is -0.399. The molecule has 0 aliphatic rings. The van der Waals surface area contributed by atoms with E-state index in [4.69, 9.17) is 9.15 Å². The number of aromatic nitrogens is 1. The molecule has 4 aromatic rings. The average molecular weight is 421 g/mol. The summed E-state index contributed by atoms with van der Waals surface area (Å²) >= 11 is 0. The first kappa shape index (κ1) is 20.2. The highest BCUT2D eigenvalue weighted by molar-refractivity contribution is 6.07. The van der Waals surface area contributed by atoms with Crippen molar-refractivity contribution in [3.63, 3.8) is 0 Å². The van der Waals surface area contributed by atoms with Gasteiger partial charge in [-0.25, -0.2) is 4.39 Å². The first-order chi connectivity index (χ1) is 14.9. The van der Waals surface area contributed by atoms with Gasteiger partial charge in [0.1, 0.15) is 23.0 Å². The van der Waals surface area contributed by atoms with Gasteiger partial charge in [0.15, 0.2) is 0 Å². The molecule has 0 spiro atoms. The summed E-state index contributed by atoms with van der Waals surface area (Å²) in [5, 5.41) is 6.07. The van der Waals surface area contributed by atoms with Crippen molar-refractivity contribution in [3.05, 3.63) is 77.6 Å². The van der Waals surface area contributed by atoms with E-state index >= 15 is 0 Å². The molecule has 0 aliphatic carbocycles. The van der Waals surface area contributed by atoms with Crippen LogP contribution in [0.15, 0.2) is 59.2 Å². The minimum Gasteiger partial charge on any atom is -0.494 e. The molecule has 158 valence electrons. The molecule has 0 aliphatic heterocycles. The number of hydrogen-bond donors (Lipinski definition) is 3. The Morgan fingerprint density at radius 1 is 1.06 bits per heavy atom. The summed E-state index contributed by atoms with van der Waals surface area (Å²) in [7, 11) is 0. The van der Waals surface area contributed by atoms with Crippen molar-refractivity contribution in [2.24, 2.45) is 0 Å². The Kier molecular flexibility index (Phi) is 5.44. The molecule has 8 heteroatoms. The monoisotopic (exact) mass is 421 g/mol. The highest BCUT2D eigenvalue weighted by Crippen LogP contribution is 2.24. The summed E-state index contributed by atoms with van der Waals surface area (Å²) in [5.41, 5.74) is 1.69. The quantitative estimate of drug-likeness (QED) is 0.403. The Hall–Kier alpha value is -4.07. The normalized spacial score (nSPS) is 10.8. The van der Waals surface area contributed by atoms with Crippen molar-refractivity contribution < 1.29 is 23.1 Å². The molecular weight excluding hydrogens is 401 g/mol. The van der Waals surface area contributed by atoms with Crippen molar-refractivity contribution in [1.82, 2.24) is 4.98 Å². The topological polar surface area (TPSA) is 96.4 Å². The van der Waals surface area contributed by atoms with Gasteiger partial charge in [0.2, 0.25) is 0 Å². The third-order valence-corrected chi connectivity index (χ3v) is 4.73. The van der Waals surface area contributed by atoms with Crippen LogP contribution in [0.4, 0.5) is 15.8 Å². The van der Waals surface area contributed by atoms with Crippen LogP contribution in [-0.2, 0) is 0 Å². The highest BCUT2D eigenvalue weighted by Gasteiger charge is 2.16. The fourth-order valence-corrected chi connectivity index (χ4v) is 3.19. The van der Waals surface area contributed by atoms with Gasteiger partial charge in [-0.05, 0) is 56.3 Å². The third kappa shape index (κ3) is 4.28. The predicted octanol–water partition coefficient (Wildman–Crippen LogP) is 5.11. The van der Waals surface area contributed by atoms with E-state index < -0.39 is 17.6 Å². The number of nitrogens with one attached hydrogen (secondary N) is 3. The smallest absolute Gasteiger partial charge is 0.272 e. The molecule has 0 unspecified atom stereocenters. The van der Waals surface area contributed by atoms with Crippen molar-refractivity contribution in [3.8, 4) is 5.75 Å². The van der Waals surface area contributed by atoms with Gasteiger partial charge in [-0.15, -0.1) is 0 Å². The van der Waals surface area contributed by atoms with E-state index in [2.05, 4.69) is 15.6 Å². The van der Waals surface area contributed by atoms with E-state index in [1.807, 2.05) is 25.1 Å². The van der Waals surface area contributed by atoms with Crippen molar-refractivity contribution in [1.29, 1.82) is 0 Å². The van der Waals surface area contributed by atoms with Crippen molar-refractivity contribution >= 4 is 34.1 Å². The highest BCUT2D eigenvalue weighted by atomic mass is 19.1. The second-order valence-corrected chi connectivity index (χ2v) is 6.86. The Morgan fingerprint density at radius 3 is 2.65 bits per heavy atom. The summed E-state index contributed by atoms with van der Waals surface area (Å²) in [6.45, 7) is 4.08. The van der Waals surface area contributed by atoms with Crippen LogP contribution < -0.4 is 15.4 Å². The lowest BCUT2D eigenvalue weighted by Gasteiger charge is -2.09. The molecule has 2 amide bonds. The molecule has 0 fully saturated rings. The van der Waals surface area contributed by atoms with Gasteiger partial charge in [0, 0.05) is 22.7 Å². The second kappa shape index (κ2) is 8.35. The molecule has 31 heavy (non-hydrogen) atoms. The number of carbonyl (C=O) groups excluding carboxylic acids is 2. The zero-order valence-electron chi connectivity index (χ0n) is 16.9. The summed E-state index contributed by atoms with van der Waals surface area (Å²) < 4.78 is 24.8. The SMILES string of the molecule is CCOc1ccc2cc(C(=O)Nc3ccc(F)c(NC(=O)c4ccoc4C)c3)[nH]c2c1. The van der Waals surface area contributed by atoms with Crippen LogP contribution in [0.3, 0.4) is 0 Å². The Labute approximate surface area is 177 Å². The zero-order valence-corrected chi connectivity index (χ0v) is 16.9. The Morgan fingerprint density at radius 2 is 1.90 bits per heavy atom. The lowest BCUT2D eigenvalue weighted by atomic mass is 10.2. The summed E-state index contributed by atoms with van der Waals surface area (Å²) in [4.78, 5) is 28.1. The first-order valence-electron chi connectivity index (χ1n) is 9.66. The molecule has 2 aromatic heterocycles. The van der Waals surface area contributed by atoms with Crippen LogP contribution >= 0.6 is 0 Å². The van der Waals surface area contributed by atoms with Gasteiger partial charge in [-0.1, -0.05) is 0 Å². The molecular formula is C23H20FN3O4. The standard InChI is InChI=1S/C23H20FN3O4/c1-3-30-16-6-4-14-10-21(26-19(14)12-16)23(29)25-15-5-7-18(24)20(11-15)27-22(28)17-8-9-31-13(17)2/h4-12,26H,3H2,1-2H3,(H,25,29)(H,27,28). The van der Waals surface area contributed by atoms with Crippen LogP contribution in [0, 0.1) is 12.7 Å². The summed E-state index contributed by atoms with van der Waals surface area (Å²) in [6, 6.07) is 12.7. The second-order valence-electron chi connectivity index (χ2n) is 6.86. The number of aromatic amines is 1. The van der Waals surface area contributed by atoms with E-state index in [1.165, 1.54) is 30.5 Å². The molecule has 0 saturated carbocycles. The number of H-pyrrole nitrogens is 1. The number of carbonyl (C=O) groups is 2. The molecule has 2 heterocycles. The van der Waals surface area contributed by atoms with Gasteiger partial charge in [0.05, 0.1) is 24.1 Å². The number of aryl methyl sites for hydroxylation is 1. The Bertz CT molecular complexity index is 1280. The van der Waals surface area contributed by atoms with E-state index in [-0.39, 0.29) is 5.69 Å². The van der Waals surface area contributed by atoms with Gasteiger partial charge in [-0.3, -0.25) is 9.59 Å². The number of hydrogen-bond acceptors (Lipinski definition) is 4. The maximum atomic E-state index is 14.2. The van der Waals surface area contributed by atoms with Gasteiger partial charge < -0.3 is 24.8 Å². The minimum absolute atomic E-state index is 0.0543. The molecule has 3 N–H and O–H groups in total.